The Bertz CT molecular complexity index is 400. The van der Waals surface area contributed by atoms with Gasteiger partial charge in [0.1, 0.15) is 6.10 Å². The van der Waals surface area contributed by atoms with Crippen LogP contribution in [0.15, 0.2) is 6.07 Å². The summed E-state index contributed by atoms with van der Waals surface area (Å²) in [7, 11) is 1.99. The highest BCUT2D eigenvalue weighted by molar-refractivity contribution is 5.15. The fourth-order valence-corrected chi connectivity index (χ4v) is 2.29. The molecule has 1 aliphatic carbocycles. The average molecular weight is 249 g/mol. The maximum atomic E-state index is 5.85. The number of aromatic nitrogens is 2. The van der Waals surface area contributed by atoms with Crippen LogP contribution in [-0.4, -0.2) is 29.7 Å². The average Bonchev–Trinajstić information content (AvgIpc) is 2.25. The molecule has 0 aromatic carbocycles. The van der Waals surface area contributed by atoms with E-state index in [1.807, 2.05) is 20.0 Å². The third kappa shape index (κ3) is 3.19. The lowest BCUT2D eigenvalue weighted by Crippen LogP contribution is -2.39. The summed E-state index contributed by atoms with van der Waals surface area (Å²) in [5.41, 5.74) is 2.04. The van der Waals surface area contributed by atoms with Crippen LogP contribution in [0.4, 0.5) is 0 Å². The Hall–Kier alpha value is -1.16. The van der Waals surface area contributed by atoms with E-state index in [1.54, 1.807) is 0 Å². The van der Waals surface area contributed by atoms with Crippen LogP contribution in [0.1, 0.15) is 44.0 Å². The SMILES string of the molecule is CNCC1CC(Oc2nc(C)cc(C(C)C)n2)C1. The second kappa shape index (κ2) is 5.65. The second-order valence-corrected chi connectivity index (χ2v) is 5.51. The van der Waals surface area contributed by atoms with Crippen molar-refractivity contribution in [3.8, 4) is 6.01 Å². The van der Waals surface area contributed by atoms with Crippen molar-refractivity contribution in [2.24, 2.45) is 5.92 Å². The van der Waals surface area contributed by atoms with Crippen LogP contribution >= 0.6 is 0 Å². The molecule has 0 atom stereocenters. The van der Waals surface area contributed by atoms with E-state index in [9.17, 15) is 0 Å². The third-order valence-electron chi connectivity index (χ3n) is 3.40. The summed E-state index contributed by atoms with van der Waals surface area (Å²) >= 11 is 0. The molecule has 18 heavy (non-hydrogen) atoms. The van der Waals surface area contributed by atoms with Gasteiger partial charge in [-0.05, 0) is 51.3 Å². The molecule has 1 heterocycles. The normalized spacial score (nSPS) is 22.9. The minimum Gasteiger partial charge on any atom is -0.460 e. The van der Waals surface area contributed by atoms with Crippen molar-refractivity contribution < 1.29 is 4.74 Å². The lowest BCUT2D eigenvalue weighted by molar-refractivity contribution is 0.0569. The molecule has 0 spiro atoms. The Morgan fingerprint density at radius 3 is 2.72 bits per heavy atom. The Balaban J connectivity index is 1.94. The molecule has 4 nitrogen and oxygen atoms in total. The predicted molar refractivity (Wildman–Crippen MR) is 71.9 cm³/mol. The number of hydrogen-bond donors (Lipinski definition) is 1. The zero-order chi connectivity index (χ0) is 13.1. The third-order valence-corrected chi connectivity index (χ3v) is 3.40. The molecule has 1 aliphatic rings. The largest absolute Gasteiger partial charge is 0.460 e. The van der Waals surface area contributed by atoms with Crippen molar-refractivity contribution in [2.45, 2.75) is 45.6 Å². The van der Waals surface area contributed by atoms with Crippen molar-refractivity contribution in [3.05, 3.63) is 17.5 Å². The van der Waals surface area contributed by atoms with Crippen LogP contribution in [0.5, 0.6) is 6.01 Å². The van der Waals surface area contributed by atoms with Crippen LogP contribution in [0.2, 0.25) is 0 Å². The number of rotatable bonds is 5. The first-order valence-electron chi connectivity index (χ1n) is 6.75. The first-order chi connectivity index (χ1) is 8.58. The molecule has 1 N–H and O–H groups in total. The number of ether oxygens (including phenoxy) is 1. The standard InChI is InChI=1S/C14H23N3O/c1-9(2)13-5-10(3)16-14(17-13)18-12-6-11(7-12)8-15-4/h5,9,11-12,15H,6-8H2,1-4H3. The summed E-state index contributed by atoms with van der Waals surface area (Å²) in [6, 6.07) is 2.58. The summed E-state index contributed by atoms with van der Waals surface area (Å²) in [6.45, 7) is 7.34. The lowest BCUT2D eigenvalue weighted by atomic mass is 9.82. The van der Waals surface area contributed by atoms with E-state index in [0.717, 1.165) is 36.7 Å². The maximum absolute atomic E-state index is 5.85. The summed E-state index contributed by atoms with van der Waals surface area (Å²) < 4.78 is 5.85. The fraction of sp³-hybridized carbons (Fsp3) is 0.714. The van der Waals surface area contributed by atoms with Gasteiger partial charge in [0.05, 0.1) is 5.69 Å². The van der Waals surface area contributed by atoms with Crippen molar-refractivity contribution >= 4 is 0 Å². The van der Waals surface area contributed by atoms with E-state index in [0.29, 0.717) is 18.0 Å². The molecular formula is C14H23N3O. The van der Waals surface area contributed by atoms with Crippen LogP contribution in [0.25, 0.3) is 0 Å². The summed E-state index contributed by atoms with van der Waals surface area (Å²) in [5, 5.41) is 3.20. The molecule has 0 saturated heterocycles. The van der Waals surface area contributed by atoms with Gasteiger partial charge in [-0.15, -0.1) is 0 Å². The first-order valence-corrected chi connectivity index (χ1v) is 6.75. The number of nitrogens with one attached hydrogen (secondary N) is 1. The van der Waals surface area contributed by atoms with Gasteiger partial charge >= 0.3 is 6.01 Å². The highest BCUT2D eigenvalue weighted by Gasteiger charge is 2.30. The molecule has 1 saturated carbocycles. The van der Waals surface area contributed by atoms with Gasteiger partial charge in [-0.25, -0.2) is 4.98 Å². The highest BCUT2D eigenvalue weighted by Crippen LogP contribution is 2.30. The molecule has 2 rings (SSSR count). The van der Waals surface area contributed by atoms with Crippen LogP contribution in [-0.2, 0) is 0 Å². The van der Waals surface area contributed by atoms with Crippen LogP contribution < -0.4 is 10.1 Å². The monoisotopic (exact) mass is 249 g/mol. The summed E-state index contributed by atoms with van der Waals surface area (Å²) in [6.07, 6.45) is 2.51. The number of nitrogens with zero attached hydrogens (tertiary/aromatic N) is 2. The van der Waals surface area contributed by atoms with E-state index < -0.39 is 0 Å². The van der Waals surface area contributed by atoms with Crippen molar-refractivity contribution in [2.75, 3.05) is 13.6 Å². The fourth-order valence-electron chi connectivity index (χ4n) is 2.29. The molecule has 0 aliphatic heterocycles. The van der Waals surface area contributed by atoms with Gasteiger partial charge in [0, 0.05) is 5.69 Å². The van der Waals surface area contributed by atoms with Crippen molar-refractivity contribution in [1.29, 1.82) is 0 Å². The predicted octanol–water partition coefficient (Wildman–Crippen LogP) is 2.29. The van der Waals surface area contributed by atoms with Crippen LogP contribution in [0, 0.1) is 12.8 Å². The Morgan fingerprint density at radius 1 is 1.39 bits per heavy atom. The number of aryl methyl sites for hydroxylation is 1. The van der Waals surface area contributed by atoms with Gasteiger partial charge in [0.2, 0.25) is 0 Å². The molecule has 1 fully saturated rings. The van der Waals surface area contributed by atoms with Gasteiger partial charge in [-0.2, -0.15) is 4.98 Å². The van der Waals surface area contributed by atoms with Crippen LogP contribution in [0.3, 0.4) is 0 Å². The molecule has 0 unspecified atom stereocenters. The zero-order valence-electron chi connectivity index (χ0n) is 11.7. The molecule has 0 amide bonds. The van der Waals surface area contributed by atoms with Gasteiger partial charge < -0.3 is 10.1 Å². The second-order valence-electron chi connectivity index (χ2n) is 5.51. The van der Waals surface area contributed by atoms with E-state index in [-0.39, 0.29) is 0 Å². The van der Waals surface area contributed by atoms with E-state index in [1.165, 1.54) is 0 Å². The van der Waals surface area contributed by atoms with Gasteiger partial charge in [-0.1, -0.05) is 13.8 Å². The van der Waals surface area contributed by atoms with E-state index in [2.05, 4.69) is 29.1 Å². The maximum Gasteiger partial charge on any atom is 0.317 e. The Kier molecular flexibility index (Phi) is 4.17. The molecule has 4 heteroatoms. The molecule has 1 aromatic heterocycles. The molecule has 1 aromatic rings. The molecular weight excluding hydrogens is 226 g/mol. The van der Waals surface area contributed by atoms with Gasteiger partial charge in [0.15, 0.2) is 0 Å². The minimum absolute atomic E-state index is 0.296. The summed E-state index contributed by atoms with van der Waals surface area (Å²) in [5.74, 6) is 1.15. The molecule has 100 valence electrons. The Labute approximate surface area is 109 Å². The Morgan fingerprint density at radius 2 is 2.11 bits per heavy atom. The van der Waals surface area contributed by atoms with Crippen molar-refractivity contribution in [1.82, 2.24) is 15.3 Å². The minimum atomic E-state index is 0.296. The van der Waals surface area contributed by atoms with E-state index in [4.69, 9.17) is 4.74 Å². The first kappa shape index (κ1) is 13.3. The molecule has 0 radical (unpaired) electrons. The lowest BCUT2D eigenvalue weighted by Gasteiger charge is -2.34. The zero-order valence-corrected chi connectivity index (χ0v) is 11.7. The summed E-state index contributed by atoms with van der Waals surface area (Å²) in [4.78, 5) is 8.84. The smallest absolute Gasteiger partial charge is 0.317 e. The number of hydrogen-bond acceptors (Lipinski definition) is 4. The van der Waals surface area contributed by atoms with Gasteiger partial charge in [0.25, 0.3) is 0 Å². The topological polar surface area (TPSA) is 47.0 Å². The van der Waals surface area contributed by atoms with Gasteiger partial charge in [-0.3, -0.25) is 0 Å². The van der Waals surface area contributed by atoms with Crippen molar-refractivity contribution in [3.63, 3.8) is 0 Å². The quantitative estimate of drug-likeness (QED) is 0.869. The highest BCUT2D eigenvalue weighted by atomic mass is 16.5. The van der Waals surface area contributed by atoms with E-state index >= 15 is 0 Å². The molecule has 0 bridgehead atoms.